The van der Waals surface area contributed by atoms with Gasteiger partial charge in [0.1, 0.15) is 5.60 Å². The molecule has 0 spiro atoms. The molecule has 0 aliphatic rings. The fourth-order valence-electron chi connectivity index (χ4n) is 1.01. The van der Waals surface area contributed by atoms with Crippen molar-refractivity contribution in [1.82, 2.24) is 5.32 Å². The number of carbonyl (C=O) groups excluding carboxylic acids is 1. The summed E-state index contributed by atoms with van der Waals surface area (Å²) in [5.74, 6) is 0. The molecular formula is C13H25NO4. The summed E-state index contributed by atoms with van der Waals surface area (Å²) in [6, 6.07) is 0. The molecule has 1 N–H and O–H groups in total. The molecule has 1 amide bonds. The summed E-state index contributed by atoms with van der Waals surface area (Å²) in [6.07, 6.45) is -0.426. The van der Waals surface area contributed by atoms with Gasteiger partial charge in [-0.3, -0.25) is 0 Å². The predicted molar refractivity (Wildman–Crippen MR) is 70.7 cm³/mol. The Morgan fingerprint density at radius 1 is 1.17 bits per heavy atom. The average molecular weight is 259 g/mol. The zero-order valence-corrected chi connectivity index (χ0v) is 11.9. The third-order valence-corrected chi connectivity index (χ3v) is 1.64. The molecule has 0 rings (SSSR count). The standard InChI is InChI=1S/C13H25NO4/c1-11(2)10-17-9-8-16-7-6-14-12(15)18-13(3,4)5/h1,6-10H2,2-5H3,(H,14,15). The van der Waals surface area contributed by atoms with Crippen LogP contribution in [0.25, 0.3) is 0 Å². The van der Waals surface area contributed by atoms with Gasteiger partial charge in [0.2, 0.25) is 0 Å². The van der Waals surface area contributed by atoms with Crippen molar-refractivity contribution in [2.45, 2.75) is 33.3 Å². The van der Waals surface area contributed by atoms with Crippen molar-refractivity contribution in [1.29, 1.82) is 0 Å². The summed E-state index contributed by atoms with van der Waals surface area (Å²) in [6.45, 7) is 13.5. The van der Waals surface area contributed by atoms with Crippen LogP contribution in [0.1, 0.15) is 27.7 Å². The summed E-state index contributed by atoms with van der Waals surface area (Å²) in [7, 11) is 0. The van der Waals surface area contributed by atoms with Crippen molar-refractivity contribution in [2.75, 3.05) is 33.0 Å². The molecule has 0 aliphatic carbocycles. The maximum atomic E-state index is 11.2. The molecule has 0 unspecified atom stereocenters. The zero-order chi connectivity index (χ0) is 14.0. The lowest BCUT2D eigenvalue weighted by molar-refractivity contribution is 0.0432. The van der Waals surface area contributed by atoms with E-state index in [1.165, 1.54) is 0 Å². The number of alkyl carbamates (subject to hydrolysis) is 1. The molecule has 0 bridgehead atoms. The molecule has 18 heavy (non-hydrogen) atoms. The van der Waals surface area contributed by atoms with Gasteiger partial charge < -0.3 is 19.5 Å². The summed E-state index contributed by atoms with van der Waals surface area (Å²) in [5, 5.41) is 2.61. The smallest absolute Gasteiger partial charge is 0.407 e. The highest BCUT2D eigenvalue weighted by Gasteiger charge is 2.15. The van der Waals surface area contributed by atoms with Crippen molar-refractivity contribution in [3.63, 3.8) is 0 Å². The molecule has 0 radical (unpaired) electrons. The van der Waals surface area contributed by atoms with Gasteiger partial charge in [0.15, 0.2) is 0 Å². The number of carbonyl (C=O) groups is 1. The van der Waals surface area contributed by atoms with Crippen LogP contribution in [-0.4, -0.2) is 44.7 Å². The normalized spacial score (nSPS) is 11.1. The number of ether oxygens (including phenoxy) is 3. The van der Waals surface area contributed by atoms with Crippen LogP contribution >= 0.6 is 0 Å². The summed E-state index contributed by atoms with van der Waals surface area (Å²) >= 11 is 0. The van der Waals surface area contributed by atoms with E-state index in [-0.39, 0.29) is 0 Å². The quantitative estimate of drug-likeness (QED) is 0.536. The molecule has 0 saturated heterocycles. The molecule has 0 saturated carbocycles. The Kier molecular flexibility index (Phi) is 8.41. The number of rotatable bonds is 8. The van der Waals surface area contributed by atoms with Gasteiger partial charge in [-0.1, -0.05) is 12.2 Å². The maximum absolute atomic E-state index is 11.2. The highest BCUT2D eigenvalue weighted by atomic mass is 16.6. The number of nitrogens with one attached hydrogen (secondary N) is 1. The first-order valence-electron chi connectivity index (χ1n) is 6.08. The molecule has 5 nitrogen and oxygen atoms in total. The van der Waals surface area contributed by atoms with Crippen LogP contribution in [0.2, 0.25) is 0 Å². The first-order valence-corrected chi connectivity index (χ1v) is 6.08. The highest BCUT2D eigenvalue weighted by Crippen LogP contribution is 2.05. The van der Waals surface area contributed by atoms with Crippen molar-refractivity contribution < 1.29 is 19.0 Å². The van der Waals surface area contributed by atoms with Gasteiger partial charge in [0, 0.05) is 6.54 Å². The molecule has 0 aliphatic heterocycles. The minimum Gasteiger partial charge on any atom is -0.444 e. The van der Waals surface area contributed by atoms with Crippen LogP contribution in [0, 0.1) is 0 Å². The molecule has 106 valence electrons. The Labute approximate surface area is 109 Å². The van der Waals surface area contributed by atoms with Gasteiger partial charge in [0.05, 0.1) is 26.4 Å². The Morgan fingerprint density at radius 3 is 2.33 bits per heavy atom. The van der Waals surface area contributed by atoms with E-state index in [9.17, 15) is 4.79 Å². The topological polar surface area (TPSA) is 56.8 Å². The minimum atomic E-state index is -0.471. The van der Waals surface area contributed by atoms with E-state index >= 15 is 0 Å². The van der Waals surface area contributed by atoms with E-state index in [1.807, 2.05) is 27.7 Å². The molecule has 0 aromatic heterocycles. The van der Waals surface area contributed by atoms with E-state index in [4.69, 9.17) is 14.2 Å². The second-order valence-corrected chi connectivity index (χ2v) is 5.05. The third kappa shape index (κ3) is 13.0. The SMILES string of the molecule is C=C(C)COCCOCCNC(=O)OC(C)(C)C. The van der Waals surface area contributed by atoms with Crippen molar-refractivity contribution >= 4 is 6.09 Å². The van der Waals surface area contributed by atoms with Crippen LogP contribution in [-0.2, 0) is 14.2 Å². The minimum absolute atomic E-state index is 0.426. The van der Waals surface area contributed by atoms with Crippen molar-refractivity contribution in [3.05, 3.63) is 12.2 Å². The van der Waals surface area contributed by atoms with Gasteiger partial charge in [0.25, 0.3) is 0 Å². The lowest BCUT2D eigenvalue weighted by Gasteiger charge is -2.19. The van der Waals surface area contributed by atoms with Crippen LogP contribution in [0.4, 0.5) is 4.79 Å². The van der Waals surface area contributed by atoms with Gasteiger partial charge >= 0.3 is 6.09 Å². The first-order chi connectivity index (χ1) is 8.31. The fraction of sp³-hybridized carbons (Fsp3) is 0.769. The third-order valence-electron chi connectivity index (χ3n) is 1.64. The maximum Gasteiger partial charge on any atom is 0.407 e. The van der Waals surface area contributed by atoms with Crippen LogP contribution < -0.4 is 5.32 Å². The van der Waals surface area contributed by atoms with Crippen molar-refractivity contribution in [2.24, 2.45) is 0 Å². The molecule has 0 aromatic carbocycles. The number of amides is 1. The largest absolute Gasteiger partial charge is 0.444 e. The van der Waals surface area contributed by atoms with Gasteiger partial charge in [-0.25, -0.2) is 4.79 Å². The summed E-state index contributed by atoms with van der Waals surface area (Å²) in [5.41, 5.74) is 0.517. The Morgan fingerprint density at radius 2 is 1.78 bits per heavy atom. The Hall–Kier alpha value is -1.07. The van der Waals surface area contributed by atoms with Crippen LogP contribution in [0.15, 0.2) is 12.2 Å². The molecular weight excluding hydrogens is 234 g/mol. The van der Waals surface area contributed by atoms with E-state index in [0.717, 1.165) is 5.57 Å². The lowest BCUT2D eigenvalue weighted by atomic mass is 10.2. The average Bonchev–Trinajstić information content (AvgIpc) is 2.18. The van der Waals surface area contributed by atoms with Gasteiger partial charge in [-0.15, -0.1) is 0 Å². The van der Waals surface area contributed by atoms with Gasteiger partial charge in [-0.2, -0.15) is 0 Å². The second-order valence-electron chi connectivity index (χ2n) is 5.05. The highest BCUT2D eigenvalue weighted by molar-refractivity contribution is 5.67. The monoisotopic (exact) mass is 259 g/mol. The molecule has 0 atom stereocenters. The predicted octanol–water partition coefficient (Wildman–Crippen LogP) is 2.12. The molecule has 0 heterocycles. The Bertz CT molecular complexity index is 258. The fourth-order valence-corrected chi connectivity index (χ4v) is 1.01. The first kappa shape index (κ1) is 16.9. The number of hydrogen-bond donors (Lipinski definition) is 1. The summed E-state index contributed by atoms with van der Waals surface area (Å²) < 4.78 is 15.6. The van der Waals surface area contributed by atoms with Crippen LogP contribution in [0.5, 0.6) is 0 Å². The van der Waals surface area contributed by atoms with E-state index in [0.29, 0.717) is 33.0 Å². The Balaban J connectivity index is 3.30. The van der Waals surface area contributed by atoms with Gasteiger partial charge in [-0.05, 0) is 27.7 Å². The molecule has 0 aromatic rings. The van der Waals surface area contributed by atoms with Crippen LogP contribution in [0.3, 0.4) is 0 Å². The molecule has 0 fully saturated rings. The molecule has 5 heteroatoms. The van der Waals surface area contributed by atoms with Crippen molar-refractivity contribution in [3.8, 4) is 0 Å². The lowest BCUT2D eigenvalue weighted by Crippen LogP contribution is -2.34. The summed E-state index contributed by atoms with van der Waals surface area (Å²) in [4.78, 5) is 11.2. The number of hydrogen-bond acceptors (Lipinski definition) is 4. The van der Waals surface area contributed by atoms with E-state index in [1.54, 1.807) is 0 Å². The van der Waals surface area contributed by atoms with E-state index in [2.05, 4.69) is 11.9 Å². The second kappa shape index (κ2) is 8.94. The van der Waals surface area contributed by atoms with E-state index < -0.39 is 11.7 Å². The zero-order valence-electron chi connectivity index (χ0n) is 11.9.